The van der Waals surface area contributed by atoms with E-state index >= 15 is 0 Å². The molecule has 1 aromatic carbocycles. The first-order valence-electron chi connectivity index (χ1n) is 9.45. The Balaban J connectivity index is 2.07. The van der Waals surface area contributed by atoms with E-state index in [4.69, 9.17) is 14.2 Å². The summed E-state index contributed by atoms with van der Waals surface area (Å²) in [6.07, 6.45) is 0.213. The van der Waals surface area contributed by atoms with Crippen LogP contribution in [0, 0.1) is 0 Å². The summed E-state index contributed by atoms with van der Waals surface area (Å²) in [4.78, 5) is 24.7. The molecular weight excluding hydrogens is 380 g/mol. The molecule has 1 heterocycles. The third-order valence-corrected chi connectivity index (χ3v) is 5.56. The van der Waals surface area contributed by atoms with Gasteiger partial charge >= 0.3 is 12.1 Å². The molecule has 8 heteroatoms. The van der Waals surface area contributed by atoms with Crippen LogP contribution in [0.4, 0.5) is 4.79 Å². The molecule has 0 unspecified atom stereocenters. The lowest BCUT2D eigenvalue weighted by Gasteiger charge is -2.32. The predicted octanol–water partition coefficient (Wildman–Crippen LogP) is 4.06. The zero-order chi connectivity index (χ0) is 21.1. The Morgan fingerprint density at radius 2 is 1.96 bits per heavy atom. The number of fused-ring (bicyclic) bond motifs is 1. The zero-order valence-electron chi connectivity index (χ0n) is 17.6. The number of esters is 1. The smallest absolute Gasteiger partial charge is 0.426 e. The fourth-order valence-electron chi connectivity index (χ4n) is 2.98. The van der Waals surface area contributed by atoms with Crippen LogP contribution in [-0.2, 0) is 16.0 Å². The van der Waals surface area contributed by atoms with Crippen LogP contribution in [-0.4, -0.2) is 52.0 Å². The molecule has 156 valence electrons. The van der Waals surface area contributed by atoms with Crippen LogP contribution in [0.1, 0.15) is 47.1 Å². The molecule has 28 heavy (non-hydrogen) atoms. The Labute approximate surface area is 171 Å². The highest BCUT2D eigenvalue weighted by Crippen LogP contribution is 2.42. The molecule has 2 rings (SSSR count). The fraction of sp³-hybridized carbons (Fsp3) is 0.600. The van der Waals surface area contributed by atoms with Crippen molar-refractivity contribution in [2.24, 2.45) is 0 Å². The molecule has 0 N–H and O–H groups in total. The van der Waals surface area contributed by atoms with E-state index < -0.39 is 12.1 Å². The van der Waals surface area contributed by atoms with Crippen LogP contribution >= 0.6 is 12.1 Å². The van der Waals surface area contributed by atoms with Crippen molar-refractivity contribution in [1.29, 1.82) is 0 Å². The fourth-order valence-corrected chi connectivity index (χ4v) is 3.78. The molecule has 1 aliphatic heterocycles. The molecule has 1 aliphatic rings. The number of benzene rings is 1. The predicted molar refractivity (Wildman–Crippen MR) is 109 cm³/mol. The standard InChI is InChI=1S/C20H30N2O5S/c1-8-25-18(23)14(4)22(13(2)3)28-21(7)19(24)26-16-11-9-10-15-12-20(5,6)27-17(15)16/h9-11,13-14H,8,12H2,1-7H3/t14-/m0/s1. The number of hydrogen-bond acceptors (Lipinski definition) is 7. The maximum absolute atomic E-state index is 12.6. The van der Waals surface area contributed by atoms with Crippen molar-refractivity contribution in [2.75, 3.05) is 13.7 Å². The maximum Gasteiger partial charge on any atom is 0.426 e. The normalized spacial score (nSPS) is 15.8. The second-order valence-corrected chi connectivity index (χ2v) is 8.74. The molecule has 0 bridgehead atoms. The van der Waals surface area contributed by atoms with Crippen LogP contribution in [0.15, 0.2) is 18.2 Å². The summed E-state index contributed by atoms with van der Waals surface area (Å²) in [7, 11) is 1.61. The molecule has 7 nitrogen and oxygen atoms in total. The monoisotopic (exact) mass is 410 g/mol. The van der Waals surface area contributed by atoms with Gasteiger partial charge in [0.05, 0.1) is 6.61 Å². The van der Waals surface area contributed by atoms with Gasteiger partial charge in [-0.2, -0.15) is 0 Å². The number of nitrogens with zero attached hydrogens (tertiary/aromatic N) is 2. The number of carbonyl (C=O) groups excluding carboxylic acids is 2. The number of rotatable bonds is 7. The largest absolute Gasteiger partial charge is 0.483 e. The summed E-state index contributed by atoms with van der Waals surface area (Å²) in [5, 5.41) is 0. The lowest BCUT2D eigenvalue weighted by Crippen LogP contribution is -2.42. The lowest BCUT2D eigenvalue weighted by molar-refractivity contribution is -0.147. The average molecular weight is 411 g/mol. The van der Waals surface area contributed by atoms with Crippen molar-refractivity contribution in [1.82, 2.24) is 8.61 Å². The van der Waals surface area contributed by atoms with Gasteiger partial charge in [-0.25, -0.2) is 13.4 Å². The zero-order valence-corrected chi connectivity index (χ0v) is 18.5. The second kappa shape index (κ2) is 9.05. The molecule has 0 radical (unpaired) electrons. The van der Waals surface area contributed by atoms with Crippen molar-refractivity contribution in [3.63, 3.8) is 0 Å². The molecule has 0 saturated carbocycles. The Hall–Kier alpha value is -1.93. The summed E-state index contributed by atoms with van der Waals surface area (Å²) in [5.41, 5.74) is 0.694. The Kier molecular flexibility index (Phi) is 7.22. The summed E-state index contributed by atoms with van der Waals surface area (Å²) < 4.78 is 19.8. The van der Waals surface area contributed by atoms with Crippen molar-refractivity contribution in [2.45, 2.75) is 65.6 Å². The molecular formula is C20H30N2O5S. The van der Waals surface area contributed by atoms with Crippen molar-refractivity contribution >= 4 is 24.2 Å². The van der Waals surface area contributed by atoms with Gasteiger partial charge in [-0.15, -0.1) is 0 Å². The first-order chi connectivity index (χ1) is 13.1. The van der Waals surface area contributed by atoms with Crippen molar-refractivity contribution < 1.29 is 23.8 Å². The van der Waals surface area contributed by atoms with Gasteiger partial charge in [0.1, 0.15) is 11.6 Å². The van der Waals surface area contributed by atoms with E-state index in [1.807, 2.05) is 39.8 Å². The average Bonchev–Trinajstić information content (AvgIpc) is 2.93. The molecule has 1 atom stereocenters. The highest BCUT2D eigenvalue weighted by atomic mass is 32.2. The topological polar surface area (TPSA) is 68.3 Å². The molecule has 0 aliphatic carbocycles. The lowest BCUT2D eigenvalue weighted by atomic mass is 10.0. The van der Waals surface area contributed by atoms with Crippen molar-refractivity contribution in [3.05, 3.63) is 23.8 Å². The molecule has 0 saturated heterocycles. The van der Waals surface area contributed by atoms with Crippen LogP contribution < -0.4 is 9.47 Å². The Bertz CT molecular complexity index is 723. The number of ether oxygens (including phenoxy) is 3. The van der Waals surface area contributed by atoms with Gasteiger partial charge in [0.2, 0.25) is 0 Å². The highest BCUT2D eigenvalue weighted by molar-refractivity contribution is 7.95. The second-order valence-electron chi connectivity index (χ2n) is 7.61. The minimum atomic E-state index is -0.548. The number of carbonyl (C=O) groups is 2. The first-order valence-corrected chi connectivity index (χ1v) is 10.2. The molecule has 0 aromatic heterocycles. The van der Waals surface area contributed by atoms with Crippen LogP contribution in [0.3, 0.4) is 0 Å². The third-order valence-electron chi connectivity index (χ3n) is 4.24. The third kappa shape index (κ3) is 5.32. The Morgan fingerprint density at radius 1 is 1.29 bits per heavy atom. The van der Waals surface area contributed by atoms with E-state index in [2.05, 4.69) is 0 Å². The highest BCUT2D eigenvalue weighted by Gasteiger charge is 2.34. The van der Waals surface area contributed by atoms with E-state index in [0.717, 1.165) is 24.1 Å². The van der Waals surface area contributed by atoms with Gasteiger partial charge in [-0.1, -0.05) is 12.1 Å². The van der Waals surface area contributed by atoms with Crippen LogP contribution in [0.5, 0.6) is 11.5 Å². The van der Waals surface area contributed by atoms with Gasteiger partial charge < -0.3 is 14.2 Å². The first kappa shape index (κ1) is 22.4. The maximum atomic E-state index is 12.6. The molecule has 0 spiro atoms. The molecule has 0 fully saturated rings. The summed E-state index contributed by atoms with van der Waals surface area (Å²) in [6.45, 7) is 11.7. The van der Waals surface area contributed by atoms with Crippen molar-refractivity contribution in [3.8, 4) is 11.5 Å². The summed E-state index contributed by atoms with van der Waals surface area (Å²) >= 11 is 1.13. The van der Waals surface area contributed by atoms with Gasteiger partial charge in [0.25, 0.3) is 0 Å². The van der Waals surface area contributed by atoms with Gasteiger partial charge in [0.15, 0.2) is 11.5 Å². The van der Waals surface area contributed by atoms with E-state index in [0.29, 0.717) is 18.1 Å². The van der Waals surface area contributed by atoms with Gasteiger partial charge in [-0.05, 0) is 47.6 Å². The SMILES string of the molecule is CCOC(=O)[C@H](C)N(SN(C)C(=O)Oc1cccc2c1OC(C)(C)C2)C(C)C. The minimum Gasteiger partial charge on any atom is -0.483 e. The summed E-state index contributed by atoms with van der Waals surface area (Å²) in [6, 6.07) is 5.04. The minimum absolute atomic E-state index is 0.00441. The van der Waals surface area contributed by atoms with E-state index in [1.54, 1.807) is 31.3 Å². The van der Waals surface area contributed by atoms with E-state index in [-0.39, 0.29) is 17.6 Å². The summed E-state index contributed by atoms with van der Waals surface area (Å²) in [5.74, 6) is 0.678. The quantitative estimate of drug-likeness (QED) is 0.496. The Morgan fingerprint density at radius 3 is 2.57 bits per heavy atom. The number of hydrogen-bond donors (Lipinski definition) is 0. The number of para-hydroxylation sites is 1. The molecule has 1 amide bonds. The van der Waals surface area contributed by atoms with Crippen LogP contribution in [0.2, 0.25) is 0 Å². The van der Waals surface area contributed by atoms with Gasteiger partial charge in [-0.3, -0.25) is 4.79 Å². The molecule has 1 aromatic rings. The van der Waals surface area contributed by atoms with E-state index in [1.165, 1.54) is 4.31 Å². The van der Waals surface area contributed by atoms with E-state index in [9.17, 15) is 9.59 Å². The van der Waals surface area contributed by atoms with Crippen LogP contribution in [0.25, 0.3) is 0 Å². The van der Waals surface area contributed by atoms with Gasteiger partial charge in [0, 0.05) is 37.2 Å². The number of amides is 1.